The van der Waals surface area contributed by atoms with Crippen molar-refractivity contribution in [1.82, 2.24) is 14.5 Å². The number of carbonyl (C=O) groups is 1. The maximum absolute atomic E-state index is 11.9. The highest BCUT2D eigenvalue weighted by Crippen LogP contribution is 2.27. The van der Waals surface area contributed by atoms with E-state index < -0.39 is 6.04 Å². The molecule has 2 unspecified atom stereocenters. The van der Waals surface area contributed by atoms with Gasteiger partial charge >= 0.3 is 5.97 Å². The van der Waals surface area contributed by atoms with Crippen LogP contribution in [-0.4, -0.2) is 27.1 Å². The Balaban J connectivity index is 2.56. The summed E-state index contributed by atoms with van der Waals surface area (Å²) in [5, 5.41) is -0.314. The molecule has 0 N–H and O–H groups in total. The summed E-state index contributed by atoms with van der Waals surface area (Å²) in [6, 6.07) is 3.15. The van der Waals surface area contributed by atoms with E-state index >= 15 is 0 Å². The van der Waals surface area contributed by atoms with Crippen LogP contribution in [0.3, 0.4) is 0 Å². The van der Waals surface area contributed by atoms with E-state index in [9.17, 15) is 4.79 Å². The third kappa shape index (κ3) is 2.56. The van der Waals surface area contributed by atoms with Crippen molar-refractivity contribution in [2.24, 2.45) is 0 Å². The zero-order valence-corrected chi connectivity index (χ0v) is 11.9. The average Bonchev–Trinajstić information content (AvgIpc) is 2.77. The monoisotopic (exact) mass is 281 g/mol. The minimum Gasteiger partial charge on any atom is -0.464 e. The molecular weight excluding hydrogens is 266 g/mol. The summed E-state index contributed by atoms with van der Waals surface area (Å²) in [6.45, 7) is 5.70. The fourth-order valence-corrected chi connectivity index (χ4v) is 2.13. The summed E-state index contributed by atoms with van der Waals surface area (Å²) >= 11 is 6.14. The van der Waals surface area contributed by atoms with Gasteiger partial charge in [0.05, 0.1) is 12.0 Å². The molecule has 2 heterocycles. The molecule has 2 rings (SSSR count). The number of rotatable bonds is 4. The van der Waals surface area contributed by atoms with Crippen LogP contribution in [0.4, 0.5) is 0 Å². The third-order valence-corrected chi connectivity index (χ3v) is 3.04. The van der Waals surface area contributed by atoms with Crippen LogP contribution in [0, 0.1) is 0 Å². The van der Waals surface area contributed by atoms with Crippen molar-refractivity contribution in [1.29, 1.82) is 0 Å². The van der Waals surface area contributed by atoms with E-state index in [2.05, 4.69) is 9.97 Å². The molecule has 2 aromatic rings. The van der Waals surface area contributed by atoms with Crippen molar-refractivity contribution in [3.05, 3.63) is 24.2 Å². The van der Waals surface area contributed by atoms with Gasteiger partial charge in [-0.15, -0.1) is 11.6 Å². The first-order valence-electron chi connectivity index (χ1n) is 6.19. The predicted molar refractivity (Wildman–Crippen MR) is 73.1 cm³/mol. The topological polar surface area (TPSA) is 57.0 Å². The van der Waals surface area contributed by atoms with E-state index in [1.165, 1.54) is 0 Å². The first-order chi connectivity index (χ1) is 9.06. The van der Waals surface area contributed by atoms with Crippen molar-refractivity contribution < 1.29 is 9.53 Å². The molecule has 0 saturated carbocycles. The second-order valence-electron chi connectivity index (χ2n) is 4.23. The van der Waals surface area contributed by atoms with Gasteiger partial charge in [0.15, 0.2) is 5.65 Å². The number of nitrogens with zero attached hydrogens (tertiary/aromatic N) is 3. The van der Waals surface area contributed by atoms with Crippen LogP contribution < -0.4 is 0 Å². The van der Waals surface area contributed by atoms with Crippen molar-refractivity contribution in [2.45, 2.75) is 32.2 Å². The van der Waals surface area contributed by atoms with Gasteiger partial charge in [-0.3, -0.25) is 4.57 Å². The number of fused-ring (bicyclic) bond motifs is 1. The quantitative estimate of drug-likeness (QED) is 0.639. The number of ether oxygens (including phenoxy) is 1. The average molecular weight is 282 g/mol. The molecule has 0 bridgehead atoms. The van der Waals surface area contributed by atoms with Gasteiger partial charge in [-0.1, -0.05) is 0 Å². The Morgan fingerprint density at radius 2 is 2.26 bits per heavy atom. The largest absolute Gasteiger partial charge is 0.464 e. The molecular formula is C13H16ClN3O2. The number of esters is 1. The Morgan fingerprint density at radius 3 is 2.89 bits per heavy atom. The first kappa shape index (κ1) is 13.8. The summed E-state index contributed by atoms with van der Waals surface area (Å²) in [6.07, 6.45) is 1.67. The highest BCUT2D eigenvalue weighted by molar-refractivity contribution is 6.20. The number of halogens is 1. The Morgan fingerprint density at radius 1 is 1.53 bits per heavy atom. The molecule has 0 aliphatic rings. The summed E-state index contributed by atoms with van der Waals surface area (Å²) in [5.74, 6) is 0.307. The summed E-state index contributed by atoms with van der Waals surface area (Å²) in [5.41, 5.74) is 1.37. The fraction of sp³-hybridized carbons (Fsp3) is 0.462. The molecule has 0 saturated heterocycles. The number of hydrogen-bond acceptors (Lipinski definition) is 4. The number of aromatic nitrogens is 3. The molecule has 6 heteroatoms. The molecule has 102 valence electrons. The second-order valence-corrected chi connectivity index (χ2v) is 4.88. The normalized spacial score (nSPS) is 14.3. The standard InChI is InChI=1S/C13H16ClN3O2/c1-4-19-13(18)9(3)17-11(8(2)14)16-10-6-5-7-15-12(10)17/h5-9H,4H2,1-3H3. The van der Waals surface area contributed by atoms with Gasteiger partial charge in [-0.25, -0.2) is 14.8 Å². The van der Waals surface area contributed by atoms with E-state index in [-0.39, 0.29) is 11.3 Å². The third-order valence-electron chi connectivity index (χ3n) is 2.85. The molecule has 2 aromatic heterocycles. The number of pyridine rings is 1. The molecule has 5 nitrogen and oxygen atoms in total. The lowest BCUT2D eigenvalue weighted by atomic mass is 10.3. The van der Waals surface area contributed by atoms with Crippen LogP contribution in [0.25, 0.3) is 11.2 Å². The Kier molecular flexibility index (Phi) is 4.04. The van der Waals surface area contributed by atoms with E-state index in [0.717, 1.165) is 5.52 Å². The van der Waals surface area contributed by atoms with Crippen molar-refractivity contribution >= 4 is 28.7 Å². The molecule has 0 fully saturated rings. The van der Waals surface area contributed by atoms with Crippen LogP contribution in [-0.2, 0) is 9.53 Å². The van der Waals surface area contributed by atoms with Gasteiger partial charge in [-0.05, 0) is 32.9 Å². The van der Waals surface area contributed by atoms with E-state index in [1.807, 2.05) is 13.0 Å². The number of hydrogen-bond donors (Lipinski definition) is 0. The Hall–Kier alpha value is -1.62. The summed E-state index contributed by atoms with van der Waals surface area (Å²) < 4.78 is 6.79. The molecule has 19 heavy (non-hydrogen) atoms. The fourth-order valence-electron chi connectivity index (χ4n) is 1.98. The van der Waals surface area contributed by atoms with Gasteiger partial charge in [0, 0.05) is 6.20 Å². The van der Waals surface area contributed by atoms with Crippen molar-refractivity contribution in [3.8, 4) is 0 Å². The van der Waals surface area contributed by atoms with Crippen LogP contribution in [0.1, 0.15) is 38.0 Å². The Labute approximate surface area is 116 Å². The van der Waals surface area contributed by atoms with E-state index in [4.69, 9.17) is 16.3 Å². The minimum absolute atomic E-state index is 0.314. The maximum Gasteiger partial charge on any atom is 0.328 e. The zero-order valence-electron chi connectivity index (χ0n) is 11.1. The molecule has 0 spiro atoms. The molecule has 0 aliphatic heterocycles. The van der Waals surface area contributed by atoms with Gasteiger partial charge < -0.3 is 4.74 Å². The summed E-state index contributed by atoms with van der Waals surface area (Å²) in [7, 11) is 0. The molecule has 0 radical (unpaired) electrons. The highest BCUT2D eigenvalue weighted by Gasteiger charge is 2.25. The zero-order chi connectivity index (χ0) is 14.0. The van der Waals surface area contributed by atoms with Gasteiger partial charge in [0.25, 0.3) is 0 Å². The SMILES string of the molecule is CCOC(=O)C(C)n1c(C(C)Cl)nc2cccnc21. The lowest BCUT2D eigenvalue weighted by Gasteiger charge is -2.16. The second kappa shape index (κ2) is 5.57. The molecule has 2 atom stereocenters. The number of carbonyl (C=O) groups excluding carboxylic acids is 1. The Bertz CT molecular complexity index is 595. The smallest absolute Gasteiger partial charge is 0.328 e. The van der Waals surface area contributed by atoms with Crippen LogP contribution in [0.2, 0.25) is 0 Å². The van der Waals surface area contributed by atoms with Gasteiger partial charge in [0.2, 0.25) is 0 Å². The first-order valence-corrected chi connectivity index (χ1v) is 6.63. The predicted octanol–water partition coefficient (Wildman–Crippen LogP) is 2.86. The highest BCUT2D eigenvalue weighted by atomic mass is 35.5. The van der Waals surface area contributed by atoms with Crippen molar-refractivity contribution in [2.75, 3.05) is 6.61 Å². The minimum atomic E-state index is -0.504. The van der Waals surface area contributed by atoms with E-state index in [0.29, 0.717) is 18.1 Å². The van der Waals surface area contributed by atoms with Crippen LogP contribution in [0.15, 0.2) is 18.3 Å². The number of alkyl halides is 1. The summed E-state index contributed by atoms with van der Waals surface area (Å²) in [4.78, 5) is 20.6. The van der Waals surface area contributed by atoms with Crippen LogP contribution in [0.5, 0.6) is 0 Å². The molecule has 0 aliphatic carbocycles. The van der Waals surface area contributed by atoms with E-state index in [1.54, 1.807) is 30.7 Å². The lowest BCUT2D eigenvalue weighted by molar-refractivity contribution is -0.146. The molecule has 0 aromatic carbocycles. The van der Waals surface area contributed by atoms with Gasteiger partial charge in [0.1, 0.15) is 17.4 Å². The maximum atomic E-state index is 11.9. The van der Waals surface area contributed by atoms with Crippen LogP contribution >= 0.6 is 11.6 Å². The van der Waals surface area contributed by atoms with Crippen molar-refractivity contribution in [3.63, 3.8) is 0 Å². The van der Waals surface area contributed by atoms with Gasteiger partial charge in [-0.2, -0.15) is 0 Å². The molecule has 0 amide bonds. The number of imidazole rings is 1. The lowest BCUT2D eigenvalue weighted by Crippen LogP contribution is -2.21.